The number of thiazole rings is 1. The van der Waals surface area contributed by atoms with E-state index in [0.717, 1.165) is 52.9 Å². The molecule has 0 spiro atoms. The number of nitrogens with zero attached hydrogens (tertiary/aromatic N) is 5. The number of nitrogens with one attached hydrogen (secondary N) is 1. The number of rotatable bonds is 9. The minimum Gasteiger partial charge on any atom is -0.316 e. The van der Waals surface area contributed by atoms with Crippen LogP contribution in [0.1, 0.15) is 12.5 Å². The van der Waals surface area contributed by atoms with Gasteiger partial charge in [0, 0.05) is 38.2 Å². The first-order chi connectivity index (χ1) is 15.1. The van der Waals surface area contributed by atoms with Gasteiger partial charge in [-0.3, -0.25) is 9.88 Å². The van der Waals surface area contributed by atoms with Gasteiger partial charge in [0.25, 0.3) is 0 Å². The molecule has 1 aromatic carbocycles. The van der Waals surface area contributed by atoms with Gasteiger partial charge in [-0.05, 0) is 73.7 Å². The maximum Gasteiger partial charge on any atom is 0.189 e. The molecule has 0 amide bonds. The Hall–Kier alpha value is -2.87. The van der Waals surface area contributed by atoms with Crippen molar-refractivity contribution in [1.82, 2.24) is 24.8 Å². The smallest absolute Gasteiger partial charge is 0.189 e. The van der Waals surface area contributed by atoms with Crippen molar-refractivity contribution in [3.05, 3.63) is 66.6 Å². The van der Waals surface area contributed by atoms with Crippen LogP contribution in [0.3, 0.4) is 0 Å². The second-order valence-electron chi connectivity index (χ2n) is 7.78. The summed E-state index contributed by atoms with van der Waals surface area (Å²) in [5, 5.41) is 4.25. The maximum absolute atomic E-state index is 4.74. The third kappa shape index (κ3) is 5.64. The normalized spacial score (nSPS) is 11.5. The first kappa shape index (κ1) is 21.4. The van der Waals surface area contributed by atoms with Crippen molar-refractivity contribution in [3.8, 4) is 11.1 Å². The molecule has 3 aromatic heterocycles. The highest BCUT2D eigenvalue weighted by Gasteiger charge is 2.09. The van der Waals surface area contributed by atoms with E-state index in [2.05, 4.69) is 76.4 Å². The lowest BCUT2D eigenvalue weighted by Gasteiger charge is -2.22. The fourth-order valence-corrected chi connectivity index (χ4v) is 4.31. The van der Waals surface area contributed by atoms with E-state index < -0.39 is 0 Å². The Morgan fingerprint density at radius 2 is 1.77 bits per heavy atom. The van der Waals surface area contributed by atoms with Gasteiger partial charge in [0.2, 0.25) is 0 Å². The lowest BCUT2D eigenvalue weighted by molar-refractivity contribution is 0.244. The van der Waals surface area contributed by atoms with Crippen molar-refractivity contribution in [3.63, 3.8) is 0 Å². The van der Waals surface area contributed by atoms with Gasteiger partial charge in [0.1, 0.15) is 5.82 Å². The maximum atomic E-state index is 4.74. The minimum absolute atomic E-state index is 0.828. The SMILES string of the molecule is CCN(CCN(C)C)Cc1ccnc(Nc2nc3ccc(-c4ccncc4)cc3s2)c1. The quantitative estimate of drug-likeness (QED) is 0.407. The molecule has 7 heteroatoms. The topological polar surface area (TPSA) is 57.2 Å². The highest BCUT2D eigenvalue weighted by atomic mass is 32.1. The number of anilines is 2. The summed E-state index contributed by atoms with van der Waals surface area (Å²) in [5.74, 6) is 0.828. The van der Waals surface area contributed by atoms with Crippen molar-refractivity contribution in [2.24, 2.45) is 0 Å². The zero-order valence-electron chi connectivity index (χ0n) is 18.2. The summed E-state index contributed by atoms with van der Waals surface area (Å²) in [6.07, 6.45) is 5.50. The second kappa shape index (κ2) is 9.96. The zero-order valence-corrected chi connectivity index (χ0v) is 19.1. The number of likely N-dealkylation sites (N-methyl/N-ethyl adjacent to an activating group) is 2. The van der Waals surface area contributed by atoms with Gasteiger partial charge >= 0.3 is 0 Å². The van der Waals surface area contributed by atoms with Crippen LogP contribution < -0.4 is 5.32 Å². The molecule has 0 radical (unpaired) electrons. The Bertz CT molecular complexity index is 1130. The number of fused-ring (bicyclic) bond motifs is 1. The molecule has 0 aliphatic heterocycles. The Morgan fingerprint density at radius 1 is 0.935 bits per heavy atom. The molecule has 0 unspecified atom stereocenters. The molecule has 3 heterocycles. The lowest BCUT2D eigenvalue weighted by atomic mass is 10.1. The number of hydrogen-bond acceptors (Lipinski definition) is 7. The van der Waals surface area contributed by atoms with E-state index in [0.29, 0.717) is 0 Å². The predicted octanol–water partition coefficient (Wildman–Crippen LogP) is 4.88. The van der Waals surface area contributed by atoms with Crippen molar-refractivity contribution >= 4 is 32.5 Å². The largest absolute Gasteiger partial charge is 0.316 e. The molecule has 0 bridgehead atoms. The van der Waals surface area contributed by atoms with Gasteiger partial charge in [0.15, 0.2) is 5.13 Å². The van der Waals surface area contributed by atoms with E-state index in [1.165, 1.54) is 11.1 Å². The molecule has 0 aliphatic carbocycles. The Kier molecular flexibility index (Phi) is 6.86. The van der Waals surface area contributed by atoms with Crippen molar-refractivity contribution in [1.29, 1.82) is 0 Å². The van der Waals surface area contributed by atoms with Gasteiger partial charge in [-0.2, -0.15) is 0 Å². The minimum atomic E-state index is 0.828. The molecular formula is C24H28N6S. The van der Waals surface area contributed by atoms with Gasteiger partial charge in [0.05, 0.1) is 10.2 Å². The summed E-state index contributed by atoms with van der Waals surface area (Å²) >= 11 is 1.64. The van der Waals surface area contributed by atoms with Crippen LogP contribution in [0.5, 0.6) is 0 Å². The number of hydrogen-bond donors (Lipinski definition) is 1. The Morgan fingerprint density at radius 3 is 2.55 bits per heavy atom. The van der Waals surface area contributed by atoms with Gasteiger partial charge in [-0.15, -0.1) is 0 Å². The molecule has 0 atom stereocenters. The van der Waals surface area contributed by atoms with Crippen LogP contribution in [0.25, 0.3) is 21.3 Å². The second-order valence-corrected chi connectivity index (χ2v) is 8.81. The molecule has 4 rings (SSSR count). The molecule has 0 fully saturated rings. The standard InChI is InChI=1S/C24H28N6S/c1-4-30(14-13-29(2)3)17-18-7-12-26-23(15-18)28-24-27-21-6-5-20(16-22(21)31-24)19-8-10-25-11-9-19/h5-12,15-16H,4,13-14,17H2,1-3H3,(H,26,27,28). The monoisotopic (exact) mass is 432 g/mol. The van der Waals surface area contributed by atoms with Crippen molar-refractivity contribution in [2.75, 3.05) is 39.0 Å². The summed E-state index contributed by atoms with van der Waals surface area (Å²) in [5.41, 5.74) is 4.56. The molecule has 0 saturated heterocycles. The lowest BCUT2D eigenvalue weighted by Crippen LogP contribution is -2.31. The fraction of sp³-hybridized carbons (Fsp3) is 0.292. The van der Waals surface area contributed by atoms with E-state index in [-0.39, 0.29) is 0 Å². The zero-order chi connectivity index (χ0) is 21.6. The van der Waals surface area contributed by atoms with Crippen LogP contribution in [-0.4, -0.2) is 58.5 Å². The van der Waals surface area contributed by atoms with E-state index >= 15 is 0 Å². The van der Waals surface area contributed by atoms with Crippen LogP contribution in [-0.2, 0) is 6.54 Å². The Labute approximate surface area is 187 Å². The first-order valence-corrected chi connectivity index (χ1v) is 11.3. The fourth-order valence-electron chi connectivity index (χ4n) is 3.40. The van der Waals surface area contributed by atoms with Gasteiger partial charge in [-0.25, -0.2) is 9.97 Å². The average Bonchev–Trinajstić information content (AvgIpc) is 3.18. The molecule has 1 N–H and O–H groups in total. The van der Waals surface area contributed by atoms with Crippen LogP contribution in [0.15, 0.2) is 61.1 Å². The average molecular weight is 433 g/mol. The van der Waals surface area contributed by atoms with E-state index in [4.69, 9.17) is 4.98 Å². The van der Waals surface area contributed by atoms with Crippen molar-refractivity contribution < 1.29 is 0 Å². The van der Waals surface area contributed by atoms with Crippen LogP contribution in [0.2, 0.25) is 0 Å². The Balaban J connectivity index is 1.48. The molecule has 0 saturated carbocycles. The summed E-state index contributed by atoms with van der Waals surface area (Å²) in [6, 6.07) is 14.6. The predicted molar refractivity (Wildman–Crippen MR) is 130 cm³/mol. The highest BCUT2D eigenvalue weighted by molar-refractivity contribution is 7.22. The molecule has 6 nitrogen and oxygen atoms in total. The molecule has 0 aliphatic rings. The molecule has 4 aromatic rings. The number of aromatic nitrogens is 3. The summed E-state index contributed by atoms with van der Waals surface area (Å²) in [6.45, 7) is 6.24. The first-order valence-electron chi connectivity index (χ1n) is 10.5. The van der Waals surface area contributed by atoms with Crippen LogP contribution in [0, 0.1) is 0 Å². The van der Waals surface area contributed by atoms with E-state index in [9.17, 15) is 0 Å². The van der Waals surface area contributed by atoms with Crippen LogP contribution >= 0.6 is 11.3 Å². The van der Waals surface area contributed by atoms with Crippen LogP contribution in [0.4, 0.5) is 10.9 Å². The molecule has 160 valence electrons. The van der Waals surface area contributed by atoms with Crippen molar-refractivity contribution in [2.45, 2.75) is 13.5 Å². The van der Waals surface area contributed by atoms with Gasteiger partial charge in [-0.1, -0.05) is 24.3 Å². The molecular weight excluding hydrogens is 404 g/mol. The third-order valence-electron chi connectivity index (χ3n) is 5.18. The van der Waals surface area contributed by atoms with E-state index in [1.54, 1.807) is 11.3 Å². The van der Waals surface area contributed by atoms with Gasteiger partial charge < -0.3 is 10.2 Å². The molecule has 31 heavy (non-hydrogen) atoms. The summed E-state index contributed by atoms with van der Waals surface area (Å²) in [7, 11) is 4.22. The third-order valence-corrected chi connectivity index (χ3v) is 6.11. The number of benzene rings is 1. The highest BCUT2D eigenvalue weighted by Crippen LogP contribution is 2.31. The summed E-state index contributed by atoms with van der Waals surface area (Å²) < 4.78 is 1.15. The number of pyridine rings is 2. The summed E-state index contributed by atoms with van der Waals surface area (Å²) in [4.78, 5) is 18.0. The van der Waals surface area contributed by atoms with E-state index in [1.807, 2.05) is 30.7 Å².